The Kier molecular flexibility index (Phi) is 3.69. The highest BCUT2D eigenvalue weighted by Crippen LogP contribution is 2.30. The fourth-order valence-electron chi connectivity index (χ4n) is 3.37. The van der Waals surface area contributed by atoms with Gasteiger partial charge >= 0.3 is 0 Å². The Morgan fingerprint density at radius 2 is 2.00 bits per heavy atom. The summed E-state index contributed by atoms with van der Waals surface area (Å²) in [7, 11) is 1.67. The molecule has 1 atom stereocenters. The zero-order valence-corrected chi connectivity index (χ0v) is 13.5. The number of ether oxygens (including phenoxy) is 1. The monoisotopic (exact) mass is 321 g/mol. The maximum absolute atomic E-state index is 12.8. The molecule has 5 heteroatoms. The first kappa shape index (κ1) is 14.8. The van der Waals surface area contributed by atoms with E-state index in [0.717, 1.165) is 36.2 Å². The maximum atomic E-state index is 12.8. The van der Waals surface area contributed by atoms with Crippen LogP contribution in [0.15, 0.2) is 48.5 Å². The van der Waals surface area contributed by atoms with E-state index in [1.54, 1.807) is 7.11 Å². The molecule has 0 radical (unpaired) electrons. The van der Waals surface area contributed by atoms with E-state index in [9.17, 15) is 4.79 Å². The van der Waals surface area contributed by atoms with E-state index in [2.05, 4.69) is 22.3 Å². The molecule has 1 unspecified atom stereocenters. The Morgan fingerprint density at radius 1 is 1.21 bits per heavy atom. The van der Waals surface area contributed by atoms with Crippen LogP contribution in [0.3, 0.4) is 0 Å². The molecule has 0 aliphatic carbocycles. The smallest absolute Gasteiger partial charge is 0.275 e. The van der Waals surface area contributed by atoms with Gasteiger partial charge in [-0.1, -0.05) is 30.3 Å². The van der Waals surface area contributed by atoms with Crippen molar-refractivity contribution in [1.82, 2.24) is 15.1 Å². The predicted molar refractivity (Wildman–Crippen MR) is 92.3 cm³/mol. The highest BCUT2D eigenvalue weighted by molar-refractivity contribution is 6.04. The van der Waals surface area contributed by atoms with Gasteiger partial charge in [0.1, 0.15) is 5.75 Å². The van der Waals surface area contributed by atoms with Gasteiger partial charge < -0.3 is 9.64 Å². The Bertz CT molecular complexity index is 870. The molecule has 4 rings (SSSR count). The molecular formula is C19H19N3O2. The molecule has 0 saturated carbocycles. The minimum atomic E-state index is 0.00321. The number of nitrogens with one attached hydrogen (secondary N) is 1. The molecular weight excluding hydrogens is 302 g/mol. The number of para-hydroxylation sites is 1. The van der Waals surface area contributed by atoms with Crippen LogP contribution in [0.2, 0.25) is 0 Å². The zero-order chi connectivity index (χ0) is 16.5. The molecule has 0 spiro atoms. The van der Waals surface area contributed by atoms with Gasteiger partial charge in [-0.2, -0.15) is 5.10 Å². The van der Waals surface area contributed by atoms with E-state index in [0.29, 0.717) is 11.6 Å². The second-order valence-electron chi connectivity index (χ2n) is 6.13. The number of nitrogens with zero attached hydrogens (tertiary/aromatic N) is 2. The number of methoxy groups -OCH3 is 1. The summed E-state index contributed by atoms with van der Waals surface area (Å²) in [5.41, 5.74) is 2.66. The molecule has 1 aromatic heterocycles. The van der Waals surface area contributed by atoms with Crippen LogP contribution in [-0.4, -0.2) is 41.2 Å². The number of aromatic amines is 1. The van der Waals surface area contributed by atoms with Gasteiger partial charge in [0.25, 0.3) is 5.91 Å². The second-order valence-corrected chi connectivity index (χ2v) is 6.13. The van der Waals surface area contributed by atoms with E-state index >= 15 is 0 Å². The SMILES string of the molecule is COc1ccc(C2CCN(C(=O)c3n[nH]c4ccccc34)C2)cc1. The quantitative estimate of drug-likeness (QED) is 0.806. The van der Waals surface area contributed by atoms with Crippen LogP contribution in [0.1, 0.15) is 28.4 Å². The second kappa shape index (κ2) is 6.00. The molecule has 1 fully saturated rings. The van der Waals surface area contributed by atoms with Crippen molar-refractivity contribution in [2.75, 3.05) is 20.2 Å². The van der Waals surface area contributed by atoms with Crippen LogP contribution in [0.5, 0.6) is 5.75 Å². The average Bonchev–Trinajstić information content (AvgIpc) is 3.28. The number of fused-ring (bicyclic) bond motifs is 1. The molecule has 1 N–H and O–H groups in total. The molecule has 1 aliphatic heterocycles. The lowest BCUT2D eigenvalue weighted by atomic mass is 9.98. The zero-order valence-electron chi connectivity index (χ0n) is 13.5. The molecule has 1 amide bonds. The minimum absolute atomic E-state index is 0.00321. The van der Waals surface area contributed by atoms with Gasteiger partial charge in [-0.25, -0.2) is 0 Å². The number of likely N-dealkylation sites (tertiary alicyclic amines) is 1. The lowest BCUT2D eigenvalue weighted by Crippen LogP contribution is -2.28. The first-order valence-corrected chi connectivity index (χ1v) is 8.12. The van der Waals surface area contributed by atoms with Gasteiger partial charge in [-0.05, 0) is 30.2 Å². The number of hydrogen-bond donors (Lipinski definition) is 1. The van der Waals surface area contributed by atoms with Crippen molar-refractivity contribution in [1.29, 1.82) is 0 Å². The number of H-pyrrole nitrogens is 1. The summed E-state index contributed by atoms with van der Waals surface area (Å²) >= 11 is 0. The third-order valence-electron chi connectivity index (χ3n) is 4.74. The van der Waals surface area contributed by atoms with Crippen molar-refractivity contribution in [2.24, 2.45) is 0 Å². The van der Waals surface area contributed by atoms with Crippen molar-refractivity contribution < 1.29 is 9.53 Å². The molecule has 5 nitrogen and oxygen atoms in total. The molecule has 24 heavy (non-hydrogen) atoms. The molecule has 2 aromatic carbocycles. The molecule has 1 aliphatic rings. The fourth-order valence-corrected chi connectivity index (χ4v) is 3.37. The number of hydrogen-bond acceptors (Lipinski definition) is 3. The predicted octanol–water partition coefficient (Wildman–Crippen LogP) is 3.20. The number of amides is 1. The van der Waals surface area contributed by atoms with Crippen LogP contribution >= 0.6 is 0 Å². The number of rotatable bonds is 3. The van der Waals surface area contributed by atoms with Gasteiger partial charge in [-0.3, -0.25) is 9.89 Å². The lowest BCUT2D eigenvalue weighted by molar-refractivity contribution is 0.0787. The van der Waals surface area contributed by atoms with E-state index in [-0.39, 0.29) is 5.91 Å². The third kappa shape index (κ3) is 2.52. The van der Waals surface area contributed by atoms with Crippen molar-refractivity contribution in [2.45, 2.75) is 12.3 Å². The minimum Gasteiger partial charge on any atom is -0.497 e. The van der Waals surface area contributed by atoms with E-state index in [4.69, 9.17) is 4.74 Å². The van der Waals surface area contributed by atoms with Gasteiger partial charge in [0.15, 0.2) is 5.69 Å². The number of carbonyl (C=O) groups excluding carboxylic acids is 1. The molecule has 3 aromatic rings. The Labute approximate surface area is 140 Å². The fraction of sp³-hybridized carbons (Fsp3) is 0.263. The number of carbonyl (C=O) groups is 1. The van der Waals surface area contributed by atoms with Crippen LogP contribution in [0, 0.1) is 0 Å². The van der Waals surface area contributed by atoms with Crippen molar-refractivity contribution in [3.8, 4) is 5.75 Å². The van der Waals surface area contributed by atoms with Crippen molar-refractivity contribution >= 4 is 16.8 Å². The summed E-state index contributed by atoms with van der Waals surface area (Å²) in [5, 5.41) is 8.05. The Morgan fingerprint density at radius 3 is 2.79 bits per heavy atom. The molecule has 122 valence electrons. The number of aromatic nitrogens is 2. The summed E-state index contributed by atoms with van der Waals surface area (Å²) in [6.45, 7) is 1.49. The highest BCUT2D eigenvalue weighted by Gasteiger charge is 2.29. The van der Waals surface area contributed by atoms with Crippen LogP contribution in [-0.2, 0) is 0 Å². The molecule has 1 saturated heterocycles. The first-order valence-electron chi connectivity index (χ1n) is 8.12. The van der Waals surface area contributed by atoms with Gasteiger partial charge in [-0.15, -0.1) is 0 Å². The molecule has 0 bridgehead atoms. The first-order chi connectivity index (χ1) is 11.8. The van der Waals surface area contributed by atoms with Crippen molar-refractivity contribution in [3.63, 3.8) is 0 Å². The lowest BCUT2D eigenvalue weighted by Gasteiger charge is -2.16. The average molecular weight is 321 g/mol. The third-order valence-corrected chi connectivity index (χ3v) is 4.74. The summed E-state index contributed by atoms with van der Waals surface area (Å²) in [5.74, 6) is 1.22. The van der Waals surface area contributed by atoms with Crippen LogP contribution in [0.25, 0.3) is 10.9 Å². The standard InChI is InChI=1S/C19H19N3O2/c1-24-15-8-6-13(7-9-15)14-10-11-22(12-14)19(23)18-16-4-2-3-5-17(16)20-21-18/h2-9,14H,10-12H2,1H3,(H,20,21). The van der Waals surface area contributed by atoms with Gasteiger partial charge in [0.05, 0.1) is 12.6 Å². The van der Waals surface area contributed by atoms with Crippen molar-refractivity contribution in [3.05, 3.63) is 59.8 Å². The Balaban J connectivity index is 1.52. The topological polar surface area (TPSA) is 58.2 Å². The molecule has 2 heterocycles. The summed E-state index contributed by atoms with van der Waals surface area (Å²) in [6, 6.07) is 15.8. The van der Waals surface area contributed by atoms with Gasteiger partial charge in [0.2, 0.25) is 0 Å². The largest absolute Gasteiger partial charge is 0.497 e. The highest BCUT2D eigenvalue weighted by atomic mass is 16.5. The summed E-state index contributed by atoms with van der Waals surface area (Å²) in [4.78, 5) is 14.7. The van der Waals surface area contributed by atoms with E-state index < -0.39 is 0 Å². The van der Waals surface area contributed by atoms with Gasteiger partial charge in [0, 0.05) is 24.4 Å². The summed E-state index contributed by atoms with van der Waals surface area (Å²) < 4.78 is 5.20. The normalized spacial score (nSPS) is 17.4. The van der Waals surface area contributed by atoms with Crippen LogP contribution < -0.4 is 4.74 Å². The number of benzene rings is 2. The maximum Gasteiger partial charge on any atom is 0.275 e. The Hall–Kier alpha value is -2.82. The van der Waals surface area contributed by atoms with E-state index in [1.807, 2.05) is 41.3 Å². The van der Waals surface area contributed by atoms with Crippen LogP contribution in [0.4, 0.5) is 0 Å². The van der Waals surface area contributed by atoms with E-state index in [1.165, 1.54) is 5.56 Å². The summed E-state index contributed by atoms with van der Waals surface area (Å²) in [6.07, 6.45) is 0.973.